The number of benzene rings is 2. The molecule has 0 saturated carbocycles. The van der Waals surface area contributed by atoms with Crippen molar-refractivity contribution in [1.29, 1.82) is 0 Å². The van der Waals surface area contributed by atoms with Crippen LogP contribution in [-0.4, -0.2) is 38.9 Å². The monoisotopic (exact) mass is 358 g/mol. The van der Waals surface area contributed by atoms with Crippen molar-refractivity contribution in [3.05, 3.63) is 42.5 Å². The fourth-order valence-electron chi connectivity index (χ4n) is 2.29. The Morgan fingerprint density at radius 2 is 1.81 bits per heavy atom. The highest BCUT2D eigenvalue weighted by molar-refractivity contribution is 5.95. The number of amides is 2. The highest BCUT2D eigenvalue weighted by Crippen LogP contribution is 2.34. The number of nitrogens with one attached hydrogen (secondary N) is 2. The molecule has 8 heteroatoms. The van der Waals surface area contributed by atoms with E-state index in [1.54, 1.807) is 42.5 Å². The Kier molecular flexibility index (Phi) is 5.43. The van der Waals surface area contributed by atoms with Crippen molar-refractivity contribution in [2.24, 2.45) is 0 Å². The summed E-state index contributed by atoms with van der Waals surface area (Å²) in [6.45, 7) is -0.241. The number of anilines is 1. The average Bonchev–Trinajstić information content (AvgIpc) is 3.12. The van der Waals surface area contributed by atoms with Gasteiger partial charge in [0.2, 0.25) is 12.7 Å². The third-order valence-corrected chi connectivity index (χ3v) is 3.53. The van der Waals surface area contributed by atoms with E-state index in [1.807, 2.05) is 0 Å². The van der Waals surface area contributed by atoms with E-state index in [-0.39, 0.29) is 25.9 Å². The highest BCUT2D eigenvalue weighted by atomic mass is 16.7. The van der Waals surface area contributed by atoms with Gasteiger partial charge in [0.25, 0.3) is 5.91 Å². The normalized spacial score (nSPS) is 11.6. The fraction of sp³-hybridized carbons (Fsp3) is 0.222. The van der Waals surface area contributed by atoms with Gasteiger partial charge in [0.05, 0.1) is 13.7 Å². The molecule has 0 radical (unpaired) electrons. The molecule has 26 heavy (non-hydrogen) atoms. The Hall–Kier alpha value is -3.42. The SMILES string of the molecule is COc1ccccc1OCC(=O)NCC(=O)Nc1ccc2c(c1)OCO2. The van der Waals surface area contributed by atoms with Gasteiger partial charge in [-0.15, -0.1) is 0 Å². The first-order valence-corrected chi connectivity index (χ1v) is 7.88. The lowest BCUT2D eigenvalue weighted by atomic mass is 10.3. The van der Waals surface area contributed by atoms with Gasteiger partial charge in [0.15, 0.2) is 29.6 Å². The molecule has 2 aromatic rings. The van der Waals surface area contributed by atoms with Gasteiger partial charge in [0, 0.05) is 11.8 Å². The van der Waals surface area contributed by atoms with Crippen LogP contribution in [0.25, 0.3) is 0 Å². The zero-order valence-electron chi connectivity index (χ0n) is 14.1. The molecule has 1 heterocycles. The van der Waals surface area contributed by atoms with Gasteiger partial charge in [-0.2, -0.15) is 0 Å². The summed E-state index contributed by atoms with van der Waals surface area (Å²) in [7, 11) is 1.52. The first-order chi connectivity index (χ1) is 12.7. The van der Waals surface area contributed by atoms with Gasteiger partial charge in [-0.1, -0.05) is 12.1 Å². The largest absolute Gasteiger partial charge is 0.493 e. The lowest BCUT2D eigenvalue weighted by Gasteiger charge is -2.10. The van der Waals surface area contributed by atoms with Crippen LogP contribution in [0, 0.1) is 0 Å². The first-order valence-electron chi connectivity index (χ1n) is 7.88. The van der Waals surface area contributed by atoms with E-state index in [2.05, 4.69) is 10.6 Å². The van der Waals surface area contributed by atoms with Crippen molar-refractivity contribution < 1.29 is 28.5 Å². The number of para-hydroxylation sites is 2. The number of rotatable bonds is 7. The highest BCUT2D eigenvalue weighted by Gasteiger charge is 2.14. The van der Waals surface area contributed by atoms with Crippen molar-refractivity contribution in [2.75, 3.05) is 32.4 Å². The van der Waals surface area contributed by atoms with Crippen LogP contribution in [0.15, 0.2) is 42.5 Å². The molecule has 0 aromatic heterocycles. The van der Waals surface area contributed by atoms with Gasteiger partial charge in [0.1, 0.15) is 0 Å². The van der Waals surface area contributed by atoms with Crippen LogP contribution in [0.2, 0.25) is 0 Å². The summed E-state index contributed by atoms with van der Waals surface area (Å²) in [6.07, 6.45) is 0. The Labute approximate surface area is 150 Å². The Balaban J connectivity index is 1.43. The molecule has 0 aliphatic carbocycles. The standard InChI is InChI=1S/C18H18N2O6/c1-23-13-4-2-3-5-14(13)24-10-18(22)19-9-17(21)20-12-6-7-15-16(8-12)26-11-25-15/h2-8H,9-11H2,1H3,(H,19,22)(H,20,21). The van der Waals surface area contributed by atoms with Crippen LogP contribution in [0.4, 0.5) is 5.69 Å². The second-order valence-electron chi connectivity index (χ2n) is 5.33. The maximum atomic E-state index is 11.9. The molecule has 0 spiro atoms. The van der Waals surface area contributed by atoms with Gasteiger partial charge >= 0.3 is 0 Å². The van der Waals surface area contributed by atoms with E-state index in [0.29, 0.717) is 28.7 Å². The third-order valence-electron chi connectivity index (χ3n) is 3.53. The fourth-order valence-corrected chi connectivity index (χ4v) is 2.29. The zero-order valence-corrected chi connectivity index (χ0v) is 14.1. The van der Waals surface area contributed by atoms with Crippen molar-refractivity contribution in [3.63, 3.8) is 0 Å². The van der Waals surface area contributed by atoms with Gasteiger partial charge in [-0.3, -0.25) is 9.59 Å². The molecule has 3 rings (SSSR count). The minimum atomic E-state index is -0.420. The molecule has 2 amide bonds. The van der Waals surface area contributed by atoms with Crippen LogP contribution >= 0.6 is 0 Å². The van der Waals surface area contributed by atoms with Crippen LogP contribution < -0.4 is 29.6 Å². The number of hydrogen-bond donors (Lipinski definition) is 2. The van der Waals surface area contributed by atoms with E-state index in [4.69, 9.17) is 18.9 Å². The molecule has 0 saturated heterocycles. The smallest absolute Gasteiger partial charge is 0.258 e. The van der Waals surface area contributed by atoms with Crippen LogP contribution in [0.1, 0.15) is 0 Å². The molecule has 1 aliphatic rings. The molecule has 2 aromatic carbocycles. The quantitative estimate of drug-likeness (QED) is 0.780. The second kappa shape index (κ2) is 8.11. The Bertz CT molecular complexity index is 808. The number of fused-ring (bicyclic) bond motifs is 1. The summed E-state index contributed by atoms with van der Waals surface area (Å²) in [6, 6.07) is 12.0. The summed E-state index contributed by atoms with van der Waals surface area (Å²) in [5.41, 5.74) is 0.554. The summed E-state index contributed by atoms with van der Waals surface area (Å²) in [4.78, 5) is 23.8. The van der Waals surface area contributed by atoms with Crippen LogP contribution in [0.5, 0.6) is 23.0 Å². The molecule has 0 bridgehead atoms. The molecule has 8 nitrogen and oxygen atoms in total. The number of carbonyl (C=O) groups is 2. The molecule has 0 fully saturated rings. The second-order valence-corrected chi connectivity index (χ2v) is 5.33. The predicted octanol–water partition coefficient (Wildman–Crippen LogP) is 1.56. The number of methoxy groups -OCH3 is 1. The topological polar surface area (TPSA) is 95.1 Å². The predicted molar refractivity (Wildman–Crippen MR) is 92.7 cm³/mol. The van der Waals surface area contributed by atoms with Gasteiger partial charge < -0.3 is 29.6 Å². The lowest BCUT2D eigenvalue weighted by Crippen LogP contribution is -2.35. The van der Waals surface area contributed by atoms with Crippen LogP contribution in [0.3, 0.4) is 0 Å². The van der Waals surface area contributed by atoms with Crippen molar-refractivity contribution >= 4 is 17.5 Å². The molecule has 0 atom stereocenters. The van der Waals surface area contributed by atoms with E-state index in [9.17, 15) is 9.59 Å². The molecule has 136 valence electrons. The first kappa shape index (κ1) is 17.4. The molecular weight excluding hydrogens is 340 g/mol. The van der Waals surface area contributed by atoms with Gasteiger partial charge in [-0.25, -0.2) is 0 Å². The van der Waals surface area contributed by atoms with Crippen molar-refractivity contribution in [3.8, 4) is 23.0 Å². The molecule has 2 N–H and O–H groups in total. The lowest BCUT2D eigenvalue weighted by molar-refractivity contribution is -0.125. The Morgan fingerprint density at radius 1 is 1.04 bits per heavy atom. The average molecular weight is 358 g/mol. The molecular formula is C18H18N2O6. The zero-order chi connectivity index (χ0) is 18.4. The molecule has 1 aliphatic heterocycles. The minimum Gasteiger partial charge on any atom is -0.493 e. The number of carbonyl (C=O) groups excluding carboxylic acids is 2. The van der Waals surface area contributed by atoms with E-state index in [0.717, 1.165) is 0 Å². The summed E-state index contributed by atoms with van der Waals surface area (Å²) in [5.74, 6) is 1.39. The summed E-state index contributed by atoms with van der Waals surface area (Å²) in [5, 5.41) is 5.16. The minimum absolute atomic E-state index is 0.162. The van der Waals surface area contributed by atoms with Gasteiger partial charge in [-0.05, 0) is 24.3 Å². The van der Waals surface area contributed by atoms with Crippen LogP contribution in [-0.2, 0) is 9.59 Å². The maximum Gasteiger partial charge on any atom is 0.258 e. The summed E-state index contributed by atoms with van der Waals surface area (Å²) >= 11 is 0. The van der Waals surface area contributed by atoms with E-state index < -0.39 is 5.91 Å². The Morgan fingerprint density at radius 3 is 2.62 bits per heavy atom. The van der Waals surface area contributed by atoms with Crippen molar-refractivity contribution in [1.82, 2.24) is 5.32 Å². The van der Waals surface area contributed by atoms with Crippen molar-refractivity contribution in [2.45, 2.75) is 0 Å². The summed E-state index contributed by atoms with van der Waals surface area (Å²) < 4.78 is 21.0. The maximum absolute atomic E-state index is 11.9. The van der Waals surface area contributed by atoms with E-state index >= 15 is 0 Å². The number of hydrogen-bond acceptors (Lipinski definition) is 6. The third kappa shape index (κ3) is 4.35. The molecule has 0 unspecified atom stereocenters. The van der Waals surface area contributed by atoms with E-state index in [1.165, 1.54) is 7.11 Å². The number of ether oxygens (including phenoxy) is 4.